The monoisotopic (exact) mass is 459 g/mol. The van der Waals surface area contributed by atoms with Gasteiger partial charge in [0.05, 0.1) is 23.7 Å². The lowest BCUT2D eigenvalue weighted by atomic mass is 10.0. The molecule has 0 bridgehead atoms. The van der Waals surface area contributed by atoms with Crippen LogP contribution in [0.1, 0.15) is 21.5 Å². The number of hydrogen-bond donors (Lipinski definition) is 2. The number of nitrogens with zero attached hydrogens (tertiary/aromatic N) is 3. The van der Waals surface area contributed by atoms with Crippen LogP contribution in [0.2, 0.25) is 0 Å². The molecule has 3 N–H and O–H groups in total. The van der Waals surface area contributed by atoms with Crippen molar-refractivity contribution in [2.75, 3.05) is 57.5 Å². The van der Waals surface area contributed by atoms with Crippen molar-refractivity contribution in [2.45, 2.75) is 13.5 Å². The summed E-state index contributed by atoms with van der Waals surface area (Å²) in [4.78, 5) is 22.3. The van der Waals surface area contributed by atoms with Gasteiger partial charge in [0.25, 0.3) is 5.91 Å². The molecule has 3 aromatic rings. The molecule has 0 unspecified atom stereocenters. The number of nitrogens with two attached hydrogens (primary N) is 1. The lowest BCUT2D eigenvalue weighted by molar-refractivity contribution is 0.0937. The maximum atomic E-state index is 12.6. The van der Waals surface area contributed by atoms with Crippen LogP contribution in [0.15, 0.2) is 60.8 Å². The van der Waals surface area contributed by atoms with Crippen molar-refractivity contribution in [1.82, 2.24) is 14.8 Å². The predicted octanol–water partition coefficient (Wildman–Crippen LogP) is 3.66. The van der Waals surface area contributed by atoms with Gasteiger partial charge in [-0.1, -0.05) is 30.3 Å². The van der Waals surface area contributed by atoms with Crippen LogP contribution in [0, 0.1) is 6.92 Å². The molecule has 0 atom stereocenters. The Labute approximate surface area is 201 Å². The van der Waals surface area contributed by atoms with Crippen molar-refractivity contribution in [3.05, 3.63) is 77.5 Å². The first-order valence-electron chi connectivity index (χ1n) is 11.7. The van der Waals surface area contributed by atoms with E-state index in [1.807, 2.05) is 42.6 Å². The lowest BCUT2D eigenvalue weighted by Gasteiger charge is -2.34. The molecule has 2 heterocycles. The Morgan fingerprint density at radius 3 is 2.44 bits per heavy atom. The number of rotatable bonds is 8. The summed E-state index contributed by atoms with van der Waals surface area (Å²) in [6.45, 7) is 9.06. The second kappa shape index (κ2) is 11.2. The number of hydrogen-bond acceptors (Lipinski definition) is 6. The summed E-state index contributed by atoms with van der Waals surface area (Å²) in [5.74, 6) is -0.188. The molecule has 7 heteroatoms. The molecule has 1 amide bonds. The van der Waals surface area contributed by atoms with Crippen LogP contribution in [0.4, 0.5) is 11.4 Å². The normalized spacial score (nSPS) is 14.8. The molecule has 7 nitrogen and oxygen atoms in total. The molecule has 1 saturated heterocycles. The van der Waals surface area contributed by atoms with Gasteiger partial charge in [0, 0.05) is 63.7 Å². The topological polar surface area (TPSA) is 83.7 Å². The number of aromatic nitrogens is 1. The van der Waals surface area contributed by atoms with E-state index in [0.717, 1.165) is 62.7 Å². The zero-order chi connectivity index (χ0) is 23.9. The van der Waals surface area contributed by atoms with Crippen LogP contribution < -0.4 is 11.1 Å². The summed E-state index contributed by atoms with van der Waals surface area (Å²) in [7, 11) is 1.75. The van der Waals surface area contributed by atoms with Crippen molar-refractivity contribution in [2.24, 2.45) is 0 Å². The summed E-state index contributed by atoms with van der Waals surface area (Å²) in [6.07, 6.45) is 1.97. The maximum absolute atomic E-state index is 12.6. The van der Waals surface area contributed by atoms with Gasteiger partial charge < -0.3 is 15.8 Å². The molecule has 1 aromatic heterocycles. The number of carbonyl (C=O) groups excluding carboxylic acids is 1. The third-order valence-electron chi connectivity index (χ3n) is 6.25. The number of pyridine rings is 1. The van der Waals surface area contributed by atoms with E-state index in [2.05, 4.69) is 28.1 Å². The third kappa shape index (κ3) is 5.99. The molecule has 2 aromatic carbocycles. The molecule has 1 aliphatic heterocycles. The Morgan fingerprint density at radius 2 is 1.76 bits per heavy atom. The lowest BCUT2D eigenvalue weighted by Crippen LogP contribution is -2.46. The predicted molar refractivity (Wildman–Crippen MR) is 137 cm³/mol. The highest BCUT2D eigenvalue weighted by Crippen LogP contribution is 2.24. The Morgan fingerprint density at radius 1 is 1.06 bits per heavy atom. The largest absolute Gasteiger partial charge is 0.397 e. The maximum Gasteiger partial charge on any atom is 0.255 e. The number of benzene rings is 2. The number of methoxy groups -OCH3 is 1. The molecule has 0 radical (unpaired) electrons. The number of aryl methyl sites for hydroxylation is 1. The number of para-hydroxylation sites is 2. The molecule has 0 saturated carbocycles. The quantitative estimate of drug-likeness (QED) is 0.500. The van der Waals surface area contributed by atoms with Gasteiger partial charge in [0.2, 0.25) is 0 Å². The van der Waals surface area contributed by atoms with E-state index >= 15 is 0 Å². The van der Waals surface area contributed by atoms with E-state index in [9.17, 15) is 4.79 Å². The molecule has 178 valence electrons. The minimum Gasteiger partial charge on any atom is -0.397 e. The van der Waals surface area contributed by atoms with Crippen molar-refractivity contribution < 1.29 is 9.53 Å². The summed E-state index contributed by atoms with van der Waals surface area (Å²) in [5.41, 5.74) is 11.9. The first-order valence-corrected chi connectivity index (χ1v) is 11.7. The van der Waals surface area contributed by atoms with Crippen LogP contribution >= 0.6 is 0 Å². The molecule has 4 rings (SSSR count). The average molecular weight is 460 g/mol. The number of piperazine rings is 1. The highest BCUT2D eigenvalue weighted by Gasteiger charge is 2.17. The SMILES string of the molecule is COCCN1CCN(Cc2cnc(-c3ccc(C(=O)Nc4ccccc4N)cc3)c(C)c2)CC1. The van der Waals surface area contributed by atoms with Gasteiger partial charge in [0.1, 0.15) is 0 Å². The summed E-state index contributed by atoms with van der Waals surface area (Å²) in [6, 6.07) is 17.0. The molecule has 0 aliphatic carbocycles. The van der Waals surface area contributed by atoms with Crippen molar-refractivity contribution in [3.8, 4) is 11.3 Å². The first-order chi connectivity index (χ1) is 16.5. The van der Waals surface area contributed by atoms with E-state index in [-0.39, 0.29) is 5.91 Å². The average Bonchev–Trinajstić information content (AvgIpc) is 2.85. The minimum atomic E-state index is -0.188. The molecule has 0 spiro atoms. The zero-order valence-electron chi connectivity index (χ0n) is 20.0. The van der Waals surface area contributed by atoms with E-state index in [1.165, 1.54) is 5.56 Å². The van der Waals surface area contributed by atoms with Gasteiger partial charge >= 0.3 is 0 Å². The van der Waals surface area contributed by atoms with Gasteiger partial charge in [-0.3, -0.25) is 19.6 Å². The van der Waals surface area contributed by atoms with Crippen LogP contribution in [-0.4, -0.2) is 67.1 Å². The zero-order valence-corrected chi connectivity index (χ0v) is 20.0. The van der Waals surface area contributed by atoms with Crippen LogP contribution in [0.5, 0.6) is 0 Å². The summed E-state index contributed by atoms with van der Waals surface area (Å²) >= 11 is 0. The molecular weight excluding hydrogens is 426 g/mol. The highest BCUT2D eigenvalue weighted by molar-refractivity contribution is 6.05. The third-order valence-corrected chi connectivity index (χ3v) is 6.25. The number of amides is 1. The van der Waals surface area contributed by atoms with Crippen LogP contribution in [-0.2, 0) is 11.3 Å². The Hall–Kier alpha value is -3.26. The van der Waals surface area contributed by atoms with Crippen molar-refractivity contribution in [1.29, 1.82) is 0 Å². The van der Waals surface area contributed by atoms with Crippen LogP contribution in [0.25, 0.3) is 11.3 Å². The molecule has 34 heavy (non-hydrogen) atoms. The van der Waals surface area contributed by atoms with Crippen molar-refractivity contribution >= 4 is 17.3 Å². The number of anilines is 2. The molecule has 1 aliphatic rings. The van der Waals surface area contributed by atoms with E-state index in [1.54, 1.807) is 19.2 Å². The second-order valence-corrected chi connectivity index (χ2v) is 8.74. The van der Waals surface area contributed by atoms with Crippen LogP contribution in [0.3, 0.4) is 0 Å². The summed E-state index contributed by atoms with van der Waals surface area (Å²) < 4.78 is 5.19. The number of carbonyl (C=O) groups is 1. The molecule has 1 fully saturated rings. The smallest absolute Gasteiger partial charge is 0.255 e. The van der Waals surface area contributed by atoms with E-state index in [0.29, 0.717) is 16.9 Å². The number of ether oxygens (including phenoxy) is 1. The van der Waals surface area contributed by atoms with Gasteiger partial charge in [0.15, 0.2) is 0 Å². The highest BCUT2D eigenvalue weighted by atomic mass is 16.5. The van der Waals surface area contributed by atoms with Crippen molar-refractivity contribution in [3.63, 3.8) is 0 Å². The van der Waals surface area contributed by atoms with Gasteiger partial charge in [-0.15, -0.1) is 0 Å². The summed E-state index contributed by atoms with van der Waals surface area (Å²) in [5, 5.41) is 2.86. The fourth-order valence-electron chi connectivity index (χ4n) is 4.26. The molecular formula is C27H33N5O2. The Balaban J connectivity index is 1.36. The number of nitrogen functional groups attached to an aromatic ring is 1. The minimum absolute atomic E-state index is 0.188. The standard InChI is InChI=1S/C27H33N5O2/c1-20-17-21(19-32-13-11-31(12-14-32)15-16-34-2)18-29-26(20)22-7-9-23(10-8-22)27(33)30-25-6-4-3-5-24(25)28/h3-10,17-18H,11-16,19,28H2,1-2H3,(H,30,33). The van der Waals surface area contributed by atoms with Gasteiger partial charge in [-0.25, -0.2) is 0 Å². The van der Waals surface area contributed by atoms with E-state index < -0.39 is 0 Å². The van der Waals surface area contributed by atoms with E-state index in [4.69, 9.17) is 15.5 Å². The Bertz CT molecular complexity index is 1110. The fourth-order valence-corrected chi connectivity index (χ4v) is 4.26. The van der Waals surface area contributed by atoms with Gasteiger partial charge in [-0.2, -0.15) is 0 Å². The first kappa shape index (κ1) is 23.9. The van der Waals surface area contributed by atoms with Gasteiger partial charge in [-0.05, 0) is 42.3 Å². The number of nitrogens with one attached hydrogen (secondary N) is 1. The fraction of sp³-hybridized carbons (Fsp3) is 0.333. The Kier molecular flexibility index (Phi) is 7.90. The second-order valence-electron chi connectivity index (χ2n) is 8.74.